The molecule has 162 valence electrons. The van der Waals surface area contributed by atoms with Crippen molar-refractivity contribution in [1.29, 1.82) is 0 Å². The van der Waals surface area contributed by atoms with E-state index < -0.39 is 11.2 Å². The van der Waals surface area contributed by atoms with Gasteiger partial charge in [0.15, 0.2) is 11.2 Å². The molecule has 4 aromatic rings. The summed E-state index contributed by atoms with van der Waals surface area (Å²) < 4.78 is 11.2. The number of imidazole rings is 1. The van der Waals surface area contributed by atoms with Gasteiger partial charge in [-0.3, -0.25) is 13.9 Å². The van der Waals surface area contributed by atoms with Crippen molar-refractivity contribution in [3.05, 3.63) is 73.1 Å². The lowest BCUT2D eigenvalue weighted by Crippen LogP contribution is -2.40. The fraction of sp³-hybridized carbons (Fsp3) is 0.333. The molecule has 0 fully saturated rings. The molecule has 3 heterocycles. The molecule has 0 spiro atoms. The van der Waals surface area contributed by atoms with Gasteiger partial charge in [-0.25, -0.2) is 9.48 Å². The number of ether oxygens (including phenoxy) is 1. The molecule has 3 aromatic heterocycles. The molecule has 0 aliphatic carbocycles. The minimum atomic E-state index is -0.464. The molecule has 0 aliphatic heterocycles. The zero-order valence-corrected chi connectivity index (χ0v) is 18.5. The monoisotopic (exact) mass is 442 g/mol. The number of aryl methyl sites for hydroxylation is 3. The zero-order valence-electron chi connectivity index (χ0n) is 17.8. The summed E-state index contributed by atoms with van der Waals surface area (Å²) in [4.78, 5) is 31.2. The van der Waals surface area contributed by atoms with Crippen LogP contribution in [0, 0.1) is 13.8 Å². The summed E-state index contributed by atoms with van der Waals surface area (Å²) in [7, 11) is 3.19. The average Bonchev–Trinajstić information content (AvgIpc) is 3.28. The standard InChI is InChI=1S/C21H23ClN6O3/c1-13-11-14(2)28(24-13)20-23-18-17(26(20)9-10-31-4)19(29)27(21(30)25(18)3)12-15-7-5-6-8-16(15)22/h5-8,11H,9-10,12H2,1-4H3. The van der Waals surface area contributed by atoms with Gasteiger partial charge in [0.1, 0.15) is 0 Å². The van der Waals surface area contributed by atoms with E-state index in [-0.39, 0.29) is 6.54 Å². The number of methoxy groups -OCH3 is 1. The molecule has 0 aliphatic rings. The van der Waals surface area contributed by atoms with Gasteiger partial charge in [-0.05, 0) is 31.5 Å². The molecule has 9 nitrogen and oxygen atoms in total. The number of hydrogen-bond donors (Lipinski definition) is 0. The van der Waals surface area contributed by atoms with Gasteiger partial charge in [-0.1, -0.05) is 29.8 Å². The lowest BCUT2D eigenvalue weighted by atomic mass is 10.2. The molecule has 0 unspecified atom stereocenters. The van der Waals surface area contributed by atoms with Crippen molar-refractivity contribution < 1.29 is 4.74 Å². The van der Waals surface area contributed by atoms with E-state index in [9.17, 15) is 9.59 Å². The number of rotatable bonds is 6. The lowest BCUT2D eigenvalue weighted by Gasteiger charge is -2.12. The molecule has 0 atom stereocenters. The second-order valence-corrected chi connectivity index (χ2v) is 7.80. The molecule has 1 aromatic carbocycles. The van der Waals surface area contributed by atoms with Crippen LogP contribution in [0.4, 0.5) is 0 Å². The van der Waals surface area contributed by atoms with Crippen molar-refractivity contribution in [3.8, 4) is 5.95 Å². The fourth-order valence-electron chi connectivity index (χ4n) is 3.68. The predicted molar refractivity (Wildman–Crippen MR) is 118 cm³/mol. The third kappa shape index (κ3) is 3.60. The van der Waals surface area contributed by atoms with Crippen molar-refractivity contribution in [3.63, 3.8) is 0 Å². The van der Waals surface area contributed by atoms with Crippen LogP contribution in [0.15, 0.2) is 39.9 Å². The molecule has 0 saturated carbocycles. The maximum atomic E-state index is 13.5. The minimum absolute atomic E-state index is 0.0613. The highest BCUT2D eigenvalue weighted by Crippen LogP contribution is 2.19. The fourth-order valence-corrected chi connectivity index (χ4v) is 3.88. The Morgan fingerprint density at radius 3 is 2.52 bits per heavy atom. The number of benzene rings is 1. The second-order valence-electron chi connectivity index (χ2n) is 7.39. The molecule has 0 saturated heterocycles. The van der Waals surface area contributed by atoms with Gasteiger partial charge in [0, 0.05) is 31.4 Å². The van der Waals surface area contributed by atoms with Gasteiger partial charge in [0.05, 0.1) is 18.8 Å². The number of fused-ring (bicyclic) bond motifs is 1. The van der Waals surface area contributed by atoms with Crippen LogP contribution in [-0.4, -0.2) is 42.2 Å². The molecule has 0 radical (unpaired) electrons. The summed E-state index contributed by atoms with van der Waals surface area (Å²) >= 11 is 6.27. The summed E-state index contributed by atoms with van der Waals surface area (Å²) in [5.74, 6) is 0.459. The predicted octanol–water partition coefficient (Wildman–Crippen LogP) is 2.05. The highest BCUT2D eigenvalue weighted by Gasteiger charge is 2.22. The molecule has 10 heteroatoms. The molecule has 4 rings (SSSR count). The first kappa shape index (κ1) is 21.1. The van der Waals surface area contributed by atoms with Crippen molar-refractivity contribution in [1.82, 2.24) is 28.5 Å². The molecule has 0 amide bonds. The second kappa shape index (κ2) is 8.16. The van der Waals surface area contributed by atoms with E-state index in [4.69, 9.17) is 16.3 Å². The topological polar surface area (TPSA) is 88.9 Å². The number of aromatic nitrogens is 6. The maximum absolute atomic E-state index is 13.5. The van der Waals surface area contributed by atoms with Crippen LogP contribution in [0.25, 0.3) is 17.1 Å². The van der Waals surface area contributed by atoms with E-state index in [2.05, 4.69) is 10.1 Å². The zero-order chi connectivity index (χ0) is 22.3. The van der Waals surface area contributed by atoms with Gasteiger partial charge in [0.2, 0.25) is 5.95 Å². The first-order valence-electron chi connectivity index (χ1n) is 9.79. The Morgan fingerprint density at radius 1 is 1.13 bits per heavy atom. The lowest BCUT2D eigenvalue weighted by molar-refractivity contribution is 0.188. The number of nitrogens with zero attached hydrogens (tertiary/aromatic N) is 6. The average molecular weight is 443 g/mol. The van der Waals surface area contributed by atoms with Gasteiger partial charge in [-0.2, -0.15) is 10.1 Å². The summed E-state index contributed by atoms with van der Waals surface area (Å²) in [6, 6.07) is 9.07. The first-order valence-corrected chi connectivity index (χ1v) is 10.2. The third-order valence-electron chi connectivity index (χ3n) is 5.22. The van der Waals surface area contributed by atoms with Crippen LogP contribution < -0.4 is 11.2 Å². The van der Waals surface area contributed by atoms with Crippen LogP contribution >= 0.6 is 11.6 Å². The SMILES string of the molecule is COCCn1c(-n2nc(C)cc2C)nc2c1c(=O)n(Cc1ccccc1Cl)c(=O)n2C. The first-order chi connectivity index (χ1) is 14.8. The third-order valence-corrected chi connectivity index (χ3v) is 5.59. The van der Waals surface area contributed by atoms with Gasteiger partial charge >= 0.3 is 5.69 Å². The van der Waals surface area contributed by atoms with Gasteiger partial charge in [-0.15, -0.1) is 0 Å². The smallest absolute Gasteiger partial charge is 0.332 e. The normalized spacial score (nSPS) is 11.5. The molecular formula is C21H23ClN6O3. The van der Waals surface area contributed by atoms with Crippen LogP contribution in [0.1, 0.15) is 17.0 Å². The molecular weight excluding hydrogens is 420 g/mol. The Morgan fingerprint density at radius 2 is 1.87 bits per heavy atom. The number of hydrogen-bond acceptors (Lipinski definition) is 5. The highest BCUT2D eigenvalue weighted by molar-refractivity contribution is 6.31. The molecule has 0 bridgehead atoms. The Bertz CT molecular complexity index is 1390. The van der Waals surface area contributed by atoms with Gasteiger partial charge < -0.3 is 9.30 Å². The maximum Gasteiger partial charge on any atom is 0.332 e. The van der Waals surface area contributed by atoms with Crippen molar-refractivity contribution in [2.75, 3.05) is 13.7 Å². The summed E-state index contributed by atoms with van der Waals surface area (Å²) in [5.41, 5.74) is 2.09. The Labute approximate surface area is 183 Å². The van der Waals surface area contributed by atoms with E-state index in [0.717, 1.165) is 11.4 Å². The van der Waals surface area contributed by atoms with E-state index in [0.29, 0.717) is 40.8 Å². The Hall–Kier alpha value is -3.17. The minimum Gasteiger partial charge on any atom is -0.383 e. The summed E-state index contributed by atoms with van der Waals surface area (Å²) in [6.45, 7) is 4.60. The Kier molecular flexibility index (Phi) is 5.55. The van der Waals surface area contributed by atoms with Crippen LogP contribution in [0.3, 0.4) is 0 Å². The molecule has 0 N–H and O–H groups in total. The summed E-state index contributed by atoms with van der Waals surface area (Å²) in [6.07, 6.45) is 0. The summed E-state index contributed by atoms with van der Waals surface area (Å²) in [5, 5.41) is 5.00. The van der Waals surface area contributed by atoms with E-state index in [1.165, 1.54) is 9.13 Å². The largest absolute Gasteiger partial charge is 0.383 e. The number of halogens is 1. The van der Waals surface area contributed by atoms with Crippen molar-refractivity contribution in [2.24, 2.45) is 7.05 Å². The molecule has 31 heavy (non-hydrogen) atoms. The van der Waals surface area contributed by atoms with E-state index in [1.54, 1.807) is 41.6 Å². The Balaban J connectivity index is 2.01. The van der Waals surface area contributed by atoms with Crippen LogP contribution in [0.2, 0.25) is 5.02 Å². The van der Waals surface area contributed by atoms with E-state index >= 15 is 0 Å². The van der Waals surface area contributed by atoms with Crippen molar-refractivity contribution in [2.45, 2.75) is 26.9 Å². The van der Waals surface area contributed by atoms with E-state index in [1.807, 2.05) is 26.0 Å². The van der Waals surface area contributed by atoms with Crippen LogP contribution in [-0.2, 0) is 24.9 Å². The van der Waals surface area contributed by atoms with Gasteiger partial charge in [0.25, 0.3) is 5.56 Å². The highest BCUT2D eigenvalue weighted by atomic mass is 35.5. The quantitative estimate of drug-likeness (QED) is 0.456. The van der Waals surface area contributed by atoms with Crippen molar-refractivity contribution >= 4 is 22.8 Å². The van der Waals surface area contributed by atoms with Crippen LogP contribution in [0.5, 0.6) is 0 Å².